The lowest BCUT2D eigenvalue weighted by molar-refractivity contribution is 0.0659. The zero-order chi connectivity index (χ0) is 21.8. The van der Waals surface area contributed by atoms with E-state index in [1.165, 1.54) is 12.1 Å². The molecule has 1 saturated heterocycles. The van der Waals surface area contributed by atoms with E-state index in [0.717, 1.165) is 49.6 Å². The normalized spacial score (nSPS) is 17.8. The van der Waals surface area contributed by atoms with Crippen molar-refractivity contribution in [2.75, 3.05) is 26.4 Å². The molecule has 0 saturated carbocycles. The molecule has 2 aromatic rings. The largest absolute Gasteiger partial charge is 0.394 e. The van der Waals surface area contributed by atoms with Crippen LogP contribution in [0.2, 0.25) is 5.02 Å². The van der Waals surface area contributed by atoms with Gasteiger partial charge in [0.25, 0.3) is 0 Å². The van der Waals surface area contributed by atoms with Crippen LogP contribution in [-0.4, -0.2) is 52.4 Å². The van der Waals surface area contributed by atoms with Crippen molar-refractivity contribution < 1.29 is 19.0 Å². The summed E-state index contributed by atoms with van der Waals surface area (Å²) in [4.78, 5) is 23.7. The first-order valence-electron chi connectivity index (χ1n) is 10.6. The van der Waals surface area contributed by atoms with E-state index in [4.69, 9.17) is 21.3 Å². The lowest BCUT2D eigenvalue weighted by Crippen LogP contribution is -2.45. The molecule has 7 nitrogen and oxygen atoms in total. The summed E-state index contributed by atoms with van der Waals surface area (Å²) in [5.41, 5.74) is 2.37. The number of aliphatic hydroxyl groups excluding tert-OH is 1. The van der Waals surface area contributed by atoms with Crippen molar-refractivity contribution in [3.63, 3.8) is 0 Å². The second-order valence-corrected chi connectivity index (χ2v) is 8.45. The van der Waals surface area contributed by atoms with Crippen LogP contribution in [0.25, 0.3) is 0 Å². The number of rotatable bonds is 5. The molecule has 1 aromatic carbocycles. The highest BCUT2D eigenvalue weighted by Crippen LogP contribution is 2.23. The summed E-state index contributed by atoms with van der Waals surface area (Å²) in [6.45, 7) is 2.11. The van der Waals surface area contributed by atoms with E-state index in [9.17, 15) is 14.3 Å². The van der Waals surface area contributed by atoms with Crippen molar-refractivity contribution in [1.82, 2.24) is 20.2 Å². The maximum Gasteiger partial charge on any atom is 0.318 e. The van der Waals surface area contributed by atoms with E-state index in [1.54, 1.807) is 11.0 Å². The van der Waals surface area contributed by atoms with Gasteiger partial charge in [0.15, 0.2) is 0 Å². The Balaban J connectivity index is 1.41. The summed E-state index contributed by atoms with van der Waals surface area (Å²) in [6.07, 6.45) is 5.39. The van der Waals surface area contributed by atoms with Crippen molar-refractivity contribution in [1.29, 1.82) is 0 Å². The van der Waals surface area contributed by atoms with Crippen LogP contribution in [0, 0.1) is 11.7 Å². The summed E-state index contributed by atoms with van der Waals surface area (Å²) >= 11 is 5.73. The van der Waals surface area contributed by atoms with Crippen molar-refractivity contribution in [2.24, 2.45) is 5.92 Å². The molecule has 1 atom stereocenters. The fourth-order valence-corrected chi connectivity index (χ4v) is 4.15. The Hall–Kier alpha value is -2.29. The molecule has 166 valence electrons. The Bertz CT molecular complexity index is 939. The molecule has 1 aromatic heterocycles. The van der Waals surface area contributed by atoms with Crippen LogP contribution in [0.15, 0.2) is 24.4 Å². The van der Waals surface area contributed by atoms with E-state index in [1.807, 2.05) is 6.20 Å². The molecule has 9 heteroatoms. The maximum absolute atomic E-state index is 13.8. The topological polar surface area (TPSA) is 87.6 Å². The van der Waals surface area contributed by atoms with Crippen LogP contribution in [0.3, 0.4) is 0 Å². The Morgan fingerprint density at radius 1 is 1.39 bits per heavy atom. The number of hydrogen-bond acceptors (Lipinski definition) is 5. The zero-order valence-corrected chi connectivity index (χ0v) is 17.9. The van der Waals surface area contributed by atoms with Crippen LogP contribution >= 0.6 is 11.6 Å². The van der Waals surface area contributed by atoms with Crippen LogP contribution in [0.4, 0.5) is 9.18 Å². The first kappa shape index (κ1) is 21.9. The van der Waals surface area contributed by atoms with Gasteiger partial charge in [-0.05, 0) is 48.4 Å². The summed E-state index contributed by atoms with van der Waals surface area (Å²) in [5.74, 6) is 0.741. The Morgan fingerprint density at radius 2 is 2.19 bits per heavy atom. The predicted molar refractivity (Wildman–Crippen MR) is 113 cm³/mol. The number of aromatic nitrogens is 2. The summed E-state index contributed by atoms with van der Waals surface area (Å²) in [7, 11) is 0. The molecule has 31 heavy (non-hydrogen) atoms. The lowest BCUT2D eigenvalue weighted by Gasteiger charge is -2.30. The minimum Gasteiger partial charge on any atom is -0.394 e. The fourth-order valence-electron chi connectivity index (χ4n) is 4.03. The quantitative estimate of drug-likeness (QED) is 0.734. The van der Waals surface area contributed by atoms with E-state index >= 15 is 0 Å². The van der Waals surface area contributed by atoms with Gasteiger partial charge in [-0.3, -0.25) is 0 Å². The van der Waals surface area contributed by atoms with E-state index in [2.05, 4.69) is 10.3 Å². The molecular weight excluding hydrogens is 423 g/mol. The van der Waals surface area contributed by atoms with Crippen LogP contribution in [0.5, 0.6) is 0 Å². The van der Waals surface area contributed by atoms with Crippen molar-refractivity contribution in [3.8, 4) is 0 Å². The monoisotopic (exact) mass is 448 g/mol. The number of nitrogens with zero attached hydrogens (tertiary/aromatic N) is 3. The van der Waals surface area contributed by atoms with Gasteiger partial charge in [0, 0.05) is 32.4 Å². The van der Waals surface area contributed by atoms with Crippen molar-refractivity contribution in [2.45, 2.75) is 38.3 Å². The number of aliphatic hydroxyl groups is 1. The molecule has 0 bridgehead atoms. The van der Waals surface area contributed by atoms with Crippen molar-refractivity contribution in [3.05, 3.63) is 57.9 Å². The number of carbonyl (C=O) groups excluding carboxylic acids is 1. The number of amides is 2. The van der Waals surface area contributed by atoms with Crippen LogP contribution in [-0.2, 0) is 24.1 Å². The number of ether oxygens (including phenoxy) is 1. The van der Waals surface area contributed by atoms with Gasteiger partial charge in [0.2, 0.25) is 0 Å². The highest BCUT2D eigenvalue weighted by molar-refractivity contribution is 6.30. The Morgan fingerprint density at radius 3 is 2.94 bits per heavy atom. The molecule has 0 spiro atoms. The van der Waals surface area contributed by atoms with Gasteiger partial charge in [-0.15, -0.1) is 0 Å². The van der Waals surface area contributed by atoms with Crippen LogP contribution < -0.4 is 5.32 Å². The van der Waals surface area contributed by atoms with Gasteiger partial charge < -0.3 is 20.1 Å². The minimum atomic E-state index is -0.727. The number of urea groups is 1. The predicted octanol–water partition coefficient (Wildman–Crippen LogP) is 3.04. The number of fused-ring (bicyclic) bond motifs is 1. The van der Waals surface area contributed by atoms with Gasteiger partial charge in [-0.1, -0.05) is 17.7 Å². The summed E-state index contributed by atoms with van der Waals surface area (Å²) < 4.78 is 19.2. The molecule has 2 aliphatic rings. The smallest absolute Gasteiger partial charge is 0.318 e. The Labute approximate surface area is 185 Å². The molecule has 2 aliphatic heterocycles. The van der Waals surface area contributed by atoms with Crippen molar-refractivity contribution >= 4 is 17.6 Å². The number of halogens is 2. The second-order valence-electron chi connectivity index (χ2n) is 8.05. The molecule has 2 amide bonds. The first-order valence-corrected chi connectivity index (χ1v) is 10.9. The summed E-state index contributed by atoms with van der Waals surface area (Å²) in [6, 6.07) is 3.17. The van der Waals surface area contributed by atoms with Gasteiger partial charge in [-0.25, -0.2) is 19.2 Å². The molecule has 0 radical (unpaired) electrons. The third-order valence-corrected chi connectivity index (χ3v) is 6.23. The van der Waals surface area contributed by atoms with Gasteiger partial charge >= 0.3 is 6.03 Å². The fraction of sp³-hybridized carbons (Fsp3) is 0.500. The molecule has 0 unspecified atom stereocenters. The number of carbonyl (C=O) groups is 1. The standard InChI is InChI=1S/C22H26ClFN4O3/c23-17-2-1-15(10-18(17)24)20(13-29)27-22(30)28-6-3-16-11-25-21(26-19(16)12-28)9-14-4-7-31-8-5-14/h1-2,10-11,14,20,29H,3-9,12-13H2,(H,27,30)/t20-/m1/s1. The summed E-state index contributed by atoms with van der Waals surface area (Å²) in [5, 5.41) is 12.5. The molecule has 2 N–H and O–H groups in total. The van der Waals surface area contributed by atoms with Gasteiger partial charge in [0.1, 0.15) is 11.6 Å². The van der Waals surface area contributed by atoms with Gasteiger partial charge in [0.05, 0.1) is 29.9 Å². The Kier molecular flexibility index (Phi) is 6.99. The molecule has 3 heterocycles. The molecular formula is C22H26ClFN4O3. The minimum absolute atomic E-state index is 0.00403. The number of hydrogen-bond donors (Lipinski definition) is 2. The lowest BCUT2D eigenvalue weighted by atomic mass is 9.96. The van der Waals surface area contributed by atoms with E-state index in [0.29, 0.717) is 31.0 Å². The van der Waals surface area contributed by atoms with E-state index < -0.39 is 11.9 Å². The number of benzene rings is 1. The van der Waals surface area contributed by atoms with E-state index in [-0.39, 0.29) is 17.7 Å². The third kappa shape index (κ3) is 5.31. The molecule has 4 rings (SSSR count). The zero-order valence-electron chi connectivity index (χ0n) is 17.2. The highest BCUT2D eigenvalue weighted by atomic mass is 35.5. The third-order valence-electron chi connectivity index (χ3n) is 5.92. The SMILES string of the molecule is O=C(N[C@H](CO)c1ccc(Cl)c(F)c1)N1CCc2cnc(CC3CCOCC3)nc2C1. The average molecular weight is 449 g/mol. The average Bonchev–Trinajstić information content (AvgIpc) is 2.79. The first-order chi connectivity index (χ1) is 15.0. The molecule has 1 fully saturated rings. The van der Waals surface area contributed by atoms with Gasteiger partial charge in [-0.2, -0.15) is 0 Å². The van der Waals surface area contributed by atoms with Crippen LogP contribution in [0.1, 0.15) is 41.5 Å². The maximum atomic E-state index is 13.8. The number of nitrogens with one attached hydrogen (secondary N) is 1. The molecule has 0 aliphatic carbocycles. The second kappa shape index (κ2) is 9.89. The highest BCUT2D eigenvalue weighted by Gasteiger charge is 2.25.